The molecule has 0 heterocycles. The highest BCUT2D eigenvalue weighted by Gasteiger charge is 2.21. The van der Waals surface area contributed by atoms with Crippen LogP contribution < -0.4 is 9.47 Å². The minimum atomic E-state index is 0. The highest BCUT2D eigenvalue weighted by atomic mass is 16.5. The molecule has 10 aromatic rings. The van der Waals surface area contributed by atoms with E-state index in [1.807, 2.05) is 60.7 Å². The second kappa shape index (κ2) is 17.4. The molecule has 0 aliphatic heterocycles. The van der Waals surface area contributed by atoms with E-state index in [1.54, 1.807) is 0 Å². The first-order valence-electron chi connectivity index (χ1n) is 21.4. The van der Waals surface area contributed by atoms with Gasteiger partial charge >= 0.3 is 0 Å². The molecule has 0 fully saturated rings. The predicted molar refractivity (Wildman–Crippen MR) is 264 cm³/mol. The Morgan fingerprint density at radius 1 is 0.349 bits per heavy atom. The number of aromatic hydroxyl groups is 2. The number of hydrogen-bond acceptors (Lipinski definition) is 4. The summed E-state index contributed by atoms with van der Waals surface area (Å²) in [4.78, 5) is 0. The molecule has 0 unspecified atom stereocenters. The molecule has 10 aromatic carbocycles. The Morgan fingerprint density at radius 2 is 0.651 bits per heavy atom. The summed E-state index contributed by atoms with van der Waals surface area (Å²) in [5.41, 5.74) is 8.93. The van der Waals surface area contributed by atoms with E-state index in [4.69, 9.17) is 9.47 Å². The summed E-state index contributed by atoms with van der Waals surface area (Å²) in [7, 11) is 0. The van der Waals surface area contributed by atoms with Gasteiger partial charge in [-0.1, -0.05) is 141 Å². The summed E-state index contributed by atoms with van der Waals surface area (Å²) in [6.45, 7) is 5.12. The summed E-state index contributed by atoms with van der Waals surface area (Å²) in [6.07, 6.45) is 1.52. The van der Waals surface area contributed by atoms with Gasteiger partial charge in [0.2, 0.25) is 0 Å². The van der Waals surface area contributed by atoms with Gasteiger partial charge in [0.15, 0.2) is 0 Å². The van der Waals surface area contributed by atoms with Crippen LogP contribution in [0.3, 0.4) is 0 Å². The van der Waals surface area contributed by atoms with Crippen molar-refractivity contribution in [1.82, 2.24) is 0 Å². The van der Waals surface area contributed by atoms with Crippen molar-refractivity contribution >= 4 is 43.1 Å². The zero-order chi connectivity index (χ0) is 42.2. The normalized spacial score (nSPS) is 11.3. The van der Waals surface area contributed by atoms with Gasteiger partial charge in [0, 0.05) is 44.5 Å². The molecule has 0 aliphatic rings. The molecule has 0 saturated heterocycles. The molecule has 0 aliphatic carbocycles. The fourth-order valence-corrected chi connectivity index (χ4v) is 9.16. The fourth-order valence-electron chi connectivity index (χ4n) is 9.16. The maximum Gasteiger partial charge on any atom is 0.131 e. The number of phenols is 2. The van der Waals surface area contributed by atoms with Gasteiger partial charge in [0.25, 0.3) is 0 Å². The highest BCUT2D eigenvalue weighted by Crippen LogP contribution is 2.48. The van der Waals surface area contributed by atoms with Crippen LogP contribution in [0.1, 0.15) is 31.4 Å². The van der Waals surface area contributed by atoms with Crippen LogP contribution in [0.15, 0.2) is 182 Å². The molecule has 0 spiro atoms. The van der Waals surface area contributed by atoms with Crippen LogP contribution in [-0.4, -0.2) is 23.4 Å². The van der Waals surface area contributed by atoms with Gasteiger partial charge in [-0.2, -0.15) is 0 Å². The summed E-state index contributed by atoms with van der Waals surface area (Å²) < 4.78 is 12.9. The Morgan fingerprint density at radius 3 is 1.02 bits per heavy atom. The van der Waals surface area contributed by atoms with Crippen molar-refractivity contribution in [2.24, 2.45) is 0 Å². The van der Waals surface area contributed by atoms with Gasteiger partial charge in [-0.25, -0.2) is 0 Å². The molecular weight excluding hydrogens is 773 g/mol. The number of benzene rings is 10. The maximum absolute atomic E-state index is 12.1. The van der Waals surface area contributed by atoms with Crippen LogP contribution in [-0.2, 0) is 0 Å². The number of hydrogen-bond donors (Lipinski definition) is 2. The van der Waals surface area contributed by atoms with Crippen LogP contribution in [0.2, 0.25) is 0 Å². The van der Waals surface area contributed by atoms with Crippen molar-refractivity contribution in [2.75, 3.05) is 13.2 Å². The van der Waals surface area contributed by atoms with Gasteiger partial charge in [-0.05, 0) is 129 Å². The number of unbranched alkanes of at least 4 members (excludes halogenated alkanes) is 1. The van der Waals surface area contributed by atoms with Crippen molar-refractivity contribution in [3.8, 4) is 67.5 Å². The summed E-state index contributed by atoms with van der Waals surface area (Å²) in [5.74, 6) is 1.91. The molecule has 0 saturated carbocycles. The van der Waals surface area contributed by atoms with Gasteiger partial charge < -0.3 is 19.7 Å². The average Bonchev–Trinajstić information content (AvgIpc) is 3.30. The first-order valence-corrected chi connectivity index (χ1v) is 21.4. The number of phenolic OH excluding ortho intramolecular Hbond substituents is 2. The van der Waals surface area contributed by atoms with E-state index in [2.05, 4.69) is 135 Å². The van der Waals surface area contributed by atoms with Crippen molar-refractivity contribution in [1.29, 1.82) is 0 Å². The lowest BCUT2D eigenvalue weighted by Crippen LogP contribution is -2.04. The minimum absolute atomic E-state index is 0. The third kappa shape index (κ3) is 7.70. The lowest BCUT2D eigenvalue weighted by molar-refractivity contribution is 0.267. The molecule has 0 atom stereocenters. The van der Waals surface area contributed by atoms with Crippen LogP contribution in [0.25, 0.3) is 87.6 Å². The van der Waals surface area contributed by atoms with Crippen molar-refractivity contribution in [3.63, 3.8) is 0 Å². The second-order valence-electron chi connectivity index (χ2n) is 16.2. The van der Waals surface area contributed by atoms with E-state index in [0.29, 0.717) is 13.2 Å². The second-order valence-corrected chi connectivity index (χ2v) is 16.2. The Balaban J connectivity index is 0.00000504. The van der Waals surface area contributed by atoms with E-state index >= 15 is 0 Å². The standard InChI is InChI=1S/C58H46O4.CH4/c1-37-31-49(57(59)51(33-37)55-43-21-7-3-17-39(43)35-40-18-4-8-22-44(40)55)47-25-11-13-27-53(47)61-29-15-16-30-62-54-28-14-12-26-48(54)50-32-38(2)34-52(58(50)60)56-45-23-9-5-19-41(45)36-42-20-6-10-24-46(42)56;/h3-14,17-28,31-36,59-60H,15-16,29-30H2,1-2H3;1H4. The largest absolute Gasteiger partial charge is 0.507 e. The topological polar surface area (TPSA) is 58.9 Å². The van der Waals surface area contributed by atoms with Crippen molar-refractivity contribution < 1.29 is 19.7 Å². The van der Waals surface area contributed by atoms with E-state index in [1.165, 1.54) is 0 Å². The molecule has 2 N–H and O–H groups in total. The zero-order valence-corrected chi connectivity index (χ0v) is 34.9. The molecule has 0 aromatic heterocycles. The summed E-state index contributed by atoms with van der Waals surface area (Å²) in [6, 6.07) is 62.1. The molecule has 63 heavy (non-hydrogen) atoms. The summed E-state index contributed by atoms with van der Waals surface area (Å²) in [5, 5.41) is 33.2. The smallest absolute Gasteiger partial charge is 0.131 e. The number of aryl methyl sites for hydroxylation is 2. The molecule has 4 heteroatoms. The third-order valence-corrected chi connectivity index (χ3v) is 12.0. The molecule has 4 nitrogen and oxygen atoms in total. The Hall–Kier alpha value is -7.56. The monoisotopic (exact) mass is 822 g/mol. The molecule has 0 bridgehead atoms. The fraction of sp³-hybridized carbons (Fsp3) is 0.119. The van der Waals surface area contributed by atoms with Gasteiger partial charge in [-0.15, -0.1) is 0 Å². The average molecular weight is 823 g/mol. The molecule has 310 valence electrons. The number of para-hydroxylation sites is 2. The minimum Gasteiger partial charge on any atom is -0.507 e. The van der Waals surface area contributed by atoms with Crippen molar-refractivity contribution in [3.05, 3.63) is 193 Å². The lowest BCUT2D eigenvalue weighted by Gasteiger charge is -2.19. The number of rotatable bonds is 11. The lowest BCUT2D eigenvalue weighted by atomic mass is 9.88. The molecule has 0 radical (unpaired) electrons. The van der Waals surface area contributed by atoms with E-state index in [9.17, 15) is 10.2 Å². The molecular formula is C59H50O4. The van der Waals surface area contributed by atoms with Crippen LogP contribution in [0, 0.1) is 13.8 Å². The quantitative estimate of drug-likeness (QED) is 0.101. The van der Waals surface area contributed by atoms with E-state index in [-0.39, 0.29) is 18.9 Å². The van der Waals surface area contributed by atoms with Crippen LogP contribution >= 0.6 is 0 Å². The van der Waals surface area contributed by atoms with Gasteiger partial charge in [-0.3, -0.25) is 0 Å². The first kappa shape index (κ1) is 40.8. The molecule has 0 amide bonds. The third-order valence-electron chi connectivity index (χ3n) is 12.0. The van der Waals surface area contributed by atoms with Gasteiger partial charge in [0.1, 0.15) is 23.0 Å². The Bertz CT molecular complexity index is 2980. The number of fused-ring (bicyclic) bond motifs is 4. The summed E-state index contributed by atoms with van der Waals surface area (Å²) >= 11 is 0. The van der Waals surface area contributed by atoms with Crippen LogP contribution in [0.5, 0.6) is 23.0 Å². The van der Waals surface area contributed by atoms with E-state index < -0.39 is 0 Å². The number of ether oxygens (including phenoxy) is 2. The van der Waals surface area contributed by atoms with Crippen LogP contribution in [0.4, 0.5) is 0 Å². The first-order chi connectivity index (χ1) is 30.4. The molecule has 10 rings (SSSR count). The Labute approximate surface area is 369 Å². The Kier molecular flexibility index (Phi) is 11.3. The van der Waals surface area contributed by atoms with E-state index in [0.717, 1.165) is 123 Å². The SMILES string of the molecule is C.Cc1cc(-c2ccccc2OCCCCOc2ccccc2-c2cc(C)cc(-c3c4ccccc4cc4ccccc34)c2O)c(O)c(-c2c3ccccc3cc3ccccc23)c1. The maximum atomic E-state index is 12.1. The predicted octanol–water partition coefficient (Wildman–Crippen LogP) is 15.9. The highest BCUT2D eigenvalue weighted by molar-refractivity contribution is 6.15. The zero-order valence-electron chi connectivity index (χ0n) is 34.9. The van der Waals surface area contributed by atoms with Crippen molar-refractivity contribution in [2.45, 2.75) is 34.1 Å². The van der Waals surface area contributed by atoms with Gasteiger partial charge in [0.05, 0.1) is 13.2 Å².